The summed E-state index contributed by atoms with van der Waals surface area (Å²) in [5, 5.41) is 1.03. The molecule has 0 bridgehead atoms. The van der Waals surface area contributed by atoms with Crippen molar-refractivity contribution in [3.8, 4) is 11.1 Å². The van der Waals surface area contributed by atoms with Crippen molar-refractivity contribution in [1.82, 2.24) is 4.98 Å². The molecule has 0 fully saturated rings. The molecule has 0 aliphatic rings. The summed E-state index contributed by atoms with van der Waals surface area (Å²) >= 11 is 23.9. The van der Waals surface area contributed by atoms with E-state index in [1.807, 2.05) is 0 Å². The van der Waals surface area contributed by atoms with Gasteiger partial charge in [0.05, 0.1) is 15.1 Å². The molecule has 0 aliphatic carbocycles. The van der Waals surface area contributed by atoms with Gasteiger partial charge in [0, 0.05) is 17.3 Å². The second kappa shape index (κ2) is 4.91. The highest BCUT2D eigenvalue weighted by Gasteiger charge is 2.15. The van der Waals surface area contributed by atoms with Crippen molar-refractivity contribution in [3.63, 3.8) is 0 Å². The first-order valence-corrected chi connectivity index (χ1v) is 6.04. The molecular formula is C11H5Cl4NO. The molecule has 0 unspecified atom stereocenters. The van der Waals surface area contributed by atoms with E-state index in [2.05, 4.69) is 4.98 Å². The Balaban J connectivity index is 2.82. The van der Waals surface area contributed by atoms with Crippen LogP contribution in [-0.4, -0.2) is 4.98 Å². The quantitative estimate of drug-likeness (QED) is 0.764. The Hall–Kier alpha value is -0.670. The number of rotatable bonds is 1. The number of pyridine rings is 1. The largest absolute Gasteiger partial charge is 0.328 e. The van der Waals surface area contributed by atoms with Crippen molar-refractivity contribution in [2.45, 2.75) is 0 Å². The number of nitrogens with one attached hydrogen (secondary N) is 1. The Morgan fingerprint density at radius 1 is 0.882 bits per heavy atom. The van der Waals surface area contributed by atoms with Crippen LogP contribution >= 0.6 is 46.4 Å². The lowest BCUT2D eigenvalue weighted by molar-refractivity contribution is 1.24. The standard InChI is InChI=1S/C11H5Cl4NO/c12-6-1-2-7(13)10(15)8(6)5-3-4-16-11(17)9(5)14/h1-4H,(H,16,17). The number of aromatic amines is 1. The molecule has 0 saturated carbocycles. The summed E-state index contributed by atoms with van der Waals surface area (Å²) in [6.45, 7) is 0. The van der Waals surface area contributed by atoms with Gasteiger partial charge in [0.15, 0.2) is 0 Å². The van der Waals surface area contributed by atoms with Gasteiger partial charge in [-0.2, -0.15) is 0 Å². The Morgan fingerprint density at radius 3 is 2.24 bits per heavy atom. The minimum atomic E-state index is -0.406. The Bertz CT molecular complexity index is 636. The summed E-state index contributed by atoms with van der Waals surface area (Å²) in [7, 11) is 0. The molecule has 2 nitrogen and oxygen atoms in total. The average Bonchev–Trinajstić information content (AvgIpc) is 2.30. The number of hydrogen-bond acceptors (Lipinski definition) is 1. The van der Waals surface area contributed by atoms with Gasteiger partial charge < -0.3 is 4.98 Å². The summed E-state index contributed by atoms with van der Waals surface area (Å²) in [5.41, 5.74) is 0.501. The van der Waals surface area contributed by atoms with Crippen LogP contribution in [0.25, 0.3) is 11.1 Å². The molecular weight excluding hydrogens is 304 g/mol. The van der Waals surface area contributed by atoms with Crippen LogP contribution < -0.4 is 5.56 Å². The molecule has 17 heavy (non-hydrogen) atoms. The lowest BCUT2D eigenvalue weighted by atomic mass is 10.1. The second-order valence-electron chi connectivity index (χ2n) is 3.25. The van der Waals surface area contributed by atoms with Crippen LogP contribution in [0.4, 0.5) is 0 Å². The molecule has 0 aliphatic heterocycles. The zero-order chi connectivity index (χ0) is 12.6. The Kier molecular flexibility index (Phi) is 3.69. The number of halogens is 4. The van der Waals surface area contributed by atoms with Crippen LogP contribution in [0.2, 0.25) is 20.1 Å². The third-order valence-electron chi connectivity index (χ3n) is 2.21. The fourth-order valence-electron chi connectivity index (χ4n) is 1.43. The van der Waals surface area contributed by atoms with E-state index in [1.165, 1.54) is 6.20 Å². The Labute approximate surface area is 117 Å². The van der Waals surface area contributed by atoms with Crippen molar-refractivity contribution in [2.24, 2.45) is 0 Å². The first-order valence-electron chi connectivity index (χ1n) is 4.53. The topological polar surface area (TPSA) is 32.9 Å². The lowest BCUT2D eigenvalue weighted by Crippen LogP contribution is -2.06. The molecule has 0 saturated heterocycles. The fraction of sp³-hybridized carbons (Fsp3) is 0. The number of aromatic nitrogens is 1. The van der Waals surface area contributed by atoms with Gasteiger partial charge in [-0.15, -0.1) is 0 Å². The maximum absolute atomic E-state index is 11.4. The number of H-pyrrole nitrogens is 1. The van der Waals surface area contributed by atoms with Gasteiger partial charge >= 0.3 is 0 Å². The monoisotopic (exact) mass is 307 g/mol. The molecule has 2 rings (SSSR count). The predicted octanol–water partition coefficient (Wildman–Crippen LogP) is 4.66. The van der Waals surface area contributed by atoms with E-state index in [0.29, 0.717) is 21.2 Å². The van der Waals surface area contributed by atoms with Gasteiger partial charge in [0.1, 0.15) is 5.02 Å². The highest BCUT2D eigenvalue weighted by atomic mass is 35.5. The predicted molar refractivity (Wildman–Crippen MR) is 72.5 cm³/mol. The van der Waals surface area contributed by atoms with E-state index in [0.717, 1.165) is 0 Å². The zero-order valence-electron chi connectivity index (χ0n) is 8.23. The molecule has 2 aromatic rings. The fourth-order valence-corrected chi connectivity index (χ4v) is 2.37. The van der Waals surface area contributed by atoms with Crippen LogP contribution in [0.3, 0.4) is 0 Å². The van der Waals surface area contributed by atoms with E-state index >= 15 is 0 Å². The summed E-state index contributed by atoms with van der Waals surface area (Å²) in [6, 6.07) is 4.80. The molecule has 88 valence electrons. The average molecular weight is 309 g/mol. The first kappa shape index (κ1) is 12.8. The minimum absolute atomic E-state index is 0.0265. The van der Waals surface area contributed by atoms with Crippen molar-refractivity contribution < 1.29 is 0 Å². The highest BCUT2D eigenvalue weighted by molar-refractivity contribution is 6.46. The number of benzene rings is 1. The first-order chi connectivity index (χ1) is 8.02. The highest BCUT2D eigenvalue weighted by Crippen LogP contribution is 2.40. The van der Waals surface area contributed by atoms with E-state index in [9.17, 15) is 4.79 Å². The van der Waals surface area contributed by atoms with Crippen LogP contribution in [-0.2, 0) is 0 Å². The molecule has 1 N–H and O–H groups in total. The van der Waals surface area contributed by atoms with Crippen molar-refractivity contribution >= 4 is 46.4 Å². The van der Waals surface area contributed by atoms with Gasteiger partial charge in [0.25, 0.3) is 5.56 Å². The normalized spacial score (nSPS) is 10.6. The zero-order valence-corrected chi connectivity index (χ0v) is 11.3. The maximum Gasteiger partial charge on any atom is 0.267 e. The molecule has 0 atom stereocenters. The summed E-state index contributed by atoms with van der Waals surface area (Å²) in [4.78, 5) is 13.9. The smallest absolute Gasteiger partial charge is 0.267 e. The lowest BCUT2D eigenvalue weighted by Gasteiger charge is -2.09. The van der Waals surface area contributed by atoms with Crippen molar-refractivity contribution in [3.05, 3.63) is 54.8 Å². The van der Waals surface area contributed by atoms with E-state index in [1.54, 1.807) is 18.2 Å². The van der Waals surface area contributed by atoms with Gasteiger partial charge in [-0.05, 0) is 18.2 Å². The van der Waals surface area contributed by atoms with E-state index < -0.39 is 5.56 Å². The molecule has 0 radical (unpaired) electrons. The van der Waals surface area contributed by atoms with Crippen molar-refractivity contribution in [2.75, 3.05) is 0 Å². The molecule has 1 aromatic heterocycles. The van der Waals surface area contributed by atoms with E-state index in [-0.39, 0.29) is 10.0 Å². The molecule has 0 amide bonds. The molecule has 1 aromatic carbocycles. The molecule has 0 spiro atoms. The Morgan fingerprint density at radius 2 is 1.53 bits per heavy atom. The third kappa shape index (κ3) is 2.31. The van der Waals surface area contributed by atoms with Gasteiger partial charge in [0.2, 0.25) is 0 Å². The number of hydrogen-bond donors (Lipinski definition) is 1. The van der Waals surface area contributed by atoms with Crippen LogP contribution in [0, 0.1) is 0 Å². The summed E-state index contributed by atoms with van der Waals surface area (Å²) in [5.74, 6) is 0. The van der Waals surface area contributed by atoms with Crippen LogP contribution in [0.1, 0.15) is 0 Å². The van der Waals surface area contributed by atoms with Gasteiger partial charge in [-0.3, -0.25) is 4.79 Å². The second-order valence-corrected chi connectivity index (χ2v) is 4.82. The maximum atomic E-state index is 11.4. The van der Waals surface area contributed by atoms with E-state index in [4.69, 9.17) is 46.4 Å². The van der Waals surface area contributed by atoms with Gasteiger partial charge in [-0.1, -0.05) is 46.4 Å². The minimum Gasteiger partial charge on any atom is -0.328 e. The van der Waals surface area contributed by atoms with Crippen LogP contribution in [0.5, 0.6) is 0 Å². The molecule has 1 heterocycles. The van der Waals surface area contributed by atoms with Crippen LogP contribution in [0.15, 0.2) is 29.2 Å². The van der Waals surface area contributed by atoms with Crippen molar-refractivity contribution in [1.29, 1.82) is 0 Å². The SMILES string of the molecule is O=c1[nH]ccc(-c2c(Cl)ccc(Cl)c2Cl)c1Cl. The summed E-state index contributed by atoms with van der Waals surface area (Å²) < 4.78 is 0. The third-order valence-corrected chi connectivity index (χ3v) is 3.71. The summed E-state index contributed by atoms with van der Waals surface area (Å²) in [6.07, 6.45) is 1.47. The van der Waals surface area contributed by atoms with Gasteiger partial charge in [-0.25, -0.2) is 0 Å². The molecule has 6 heteroatoms.